The van der Waals surface area contributed by atoms with Crippen LogP contribution in [0.25, 0.3) is 0 Å². The molecule has 2 heterocycles. The lowest BCUT2D eigenvalue weighted by molar-refractivity contribution is -0.874. The van der Waals surface area contributed by atoms with Gasteiger partial charge in [0.1, 0.15) is 12.6 Å². The van der Waals surface area contributed by atoms with E-state index in [1.165, 1.54) is 0 Å². The average molecular weight is 303 g/mol. The molecule has 1 aromatic carbocycles. The van der Waals surface area contributed by atoms with E-state index in [9.17, 15) is 10.3 Å². The van der Waals surface area contributed by atoms with Crippen LogP contribution in [0.2, 0.25) is 0 Å². The quantitative estimate of drug-likeness (QED) is 0.489. The molecule has 22 heavy (non-hydrogen) atoms. The first kappa shape index (κ1) is 14.1. The molecule has 3 aliphatic rings. The molecule has 1 spiro atoms. The molecule has 4 atom stereocenters. The number of benzene rings is 1. The molecule has 0 radical (unpaired) electrons. The van der Waals surface area contributed by atoms with Crippen LogP contribution in [0.15, 0.2) is 24.3 Å². The van der Waals surface area contributed by atoms with Crippen LogP contribution in [0.1, 0.15) is 24.0 Å². The number of hydrogen-bond acceptors (Lipinski definition) is 4. The maximum absolute atomic E-state index is 12.7. The summed E-state index contributed by atoms with van der Waals surface area (Å²) in [6, 6.07) is 3.87. The molecule has 5 nitrogen and oxygen atoms in total. The lowest BCUT2D eigenvalue weighted by Crippen LogP contribution is -2.44. The van der Waals surface area contributed by atoms with E-state index >= 15 is 0 Å². The highest BCUT2D eigenvalue weighted by molar-refractivity contribution is 5.60. The van der Waals surface area contributed by atoms with Gasteiger partial charge in [0.15, 0.2) is 11.5 Å². The smallest absolute Gasteiger partial charge is 0.166 e. The molecule has 0 saturated carbocycles. The number of rotatable bonds is 1. The van der Waals surface area contributed by atoms with Gasteiger partial charge in [-0.2, -0.15) is 0 Å². The third-order valence-corrected chi connectivity index (χ3v) is 5.30. The van der Waals surface area contributed by atoms with Gasteiger partial charge in [0, 0.05) is 24.0 Å². The van der Waals surface area contributed by atoms with Crippen LogP contribution in [-0.4, -0.2) is 42.7 Å². The largest absolute Gasteiger partial charge is 0.633 e. The van der Waals surface area contributed by atoms with Crippen molar-refractivity contribution in [2.75, 3.05) is 20.7 Å². The second kappa shape index (κ2) is 4.47. The Bertz CT molecular complexity index is 654. The van der Waals surface area contributed by atoms with Crippen molar-refractivity contribution in [1.82, 2.24) is 0 Å². The minimum Gasteiger partial charge on any atom is -0.633 e. The number of nitrogens with zero attached hydrogens (tertiary/aromatic N) is 1. The van der Waals surface area contributed by atoms with Crippen LogP contribution in [0, 0.1) is 5.21 Å². The van der Waals surface area contributed by atoms with Crippen molar-refractivity contribution < 1.29 is 19.2 Å². The molecular formula is C17H21NO4. The Hall–Kier alpha value is -1.56. The van der Waals surface area contributed by atoms with Gasteiger partial charge in [-0.05, 0) is 12.1 Å². The summed E-state index contributed by atoms with van der Waals surface area (Å²) in [4.78, 5) is 0. The van der Waals surface area contributed by atoms with Gasteiger partial charge >= 0.3 is 0 Å². The fourth-order valence-electron chi connectivity index (χ4n) is 4.19. The Morgan fingerprint density at radius 1 is 1.45 bits per heavy atom. The summed E-state index contributed by atoms with van der Waals surface area (Å²) in [5, 5.41) is 22.6. The van der Waals surface area contributed by atoms with Gasteiger partial charge in [0.2, 0.25) is 0 Å². The Labute approximate surface area is 129 Å². The summed E-state index contributed by atoms with van der Waals surface area (Å²) in [6.07, 6.45) is 4.57. The van der Waals surface area contributed by atoms with E-state index in [4.69, 9.17) is 9.47 Å². The first-order valence-corrected chi connectivity index (χ1v) is 7.75. The van der Waals surface area contributed by atoms with Gasteiger partial charge < -0.3 is 24.4 Å². The van der Waals surface area contributed by atoms with Crippen LogP contribution in [0.5, 0.6) is 11.5 Å². The standard InChI is InChI=1S/C17H21NO4/c1-18(20)8-7-17-6-5-12(19)9-14(17)22-16-13(21-2)4-3-11(10-18)15(16)17/h3-6,12,14,19H,7-10H2,1-2H3/t12-,14+,17+,18-/m1/s1. The third kappa shape index (κ3) is 1.82. The molecule has 118 valence electrons. The van der Waals surface area contributed by atoms with Gasteiger partial charge in [-0.25, -0.2) is 0 Å². The maximum Gasteiger partial charge on any atom is 0.166 e. The number of ether oxygens (including phenoxy) is 2. The van der Waals surface area contributed by atoms with Gasteiger partial charge in [-0.15, -0.1) is 0 Å². The van der Waals surface area contributed by atoms with Gasteiger partial charge in [-0.3, -0.25) is 0 Å². The number of methoxy groups -OCH3 is 1. The van der Waals surface area contributed by atoms with E-state index in [-0.39, 0.29) is 16.2 Å². The first-order valence-electron chi connectivity index (χ1n) is 7.75. The van der Waals surface area contributed by atoms with E-state index in [2.05, 4.69) is 6.08 Å². The van der Waals surface area contributed by atoms with E-state index in [1.54, 1.807) is 14.2 Å². The third-order valence-electron chi connectivity index (χ3n) is 5.30. The van der Waals surface area contributed by atoms with Crippen molar-refractivity contribution in [1.29, 1.82) is 0 Å². The predicted octanol–water partition coefficient (Wildman–Crippen LogP) is 1.86. The molecule has 2 aliphatic heterocycles. The fraction of sp³-hybridized carbons (Fsp3) is 0.529. The summed E-state index contributed by atoms with van der Waals surface area (Å²) in [5.41, 5.74) is 1.82. The number of hydrogen-bond donors (Lipinski definition) is 1. The van der Waals surface area contributed by atoms with E-state index in [1.807, 2.05) is 18.2 Å². The van der Waals surface area contributed by atoms with E-state index < -0.39 is 6.10 Å². The highest BCUT2D eigenvalue weighted by Gasteiger charge is 2.53. The zero-order valence-electron chi connectivity index (χ0n) is 12.9. The Balaban J connectivity index is 1.96. The number of hydroxylamine groups is 3. The Morgan fingerprint density at radius 2 is 2.27 bits per heavy atom. The molecule has 0 saturated heterocycles. The molecule has 0 fully saturated rings. The molecule has 0 aromatic heterocycles. The molecule has 0 amide bonds. The highest BCUT2D eigenvalue weighted by atomic mass is 16.5. The predicted molar refractivity (Wildman–Crippen MR) is 81.6 cm³/mol. The van der Waals surface area contributed by atoms with Crippen molar-refractivity contribution in [2.24, 2.45) is 0 Å². The normalized spacial score (nSPS) is 38.7. The average Bonchev–Trinajstić information content (AvgIpc) is 2.74. The molecule has 0 bridgehead atoms. The molecule has 4 rings (SSSR count). The second-order valence-electron chi connectivity index (χ2n) is 6.87. The number of aliphatic hydroxyl groups excluding tert-OH is 1. The van der Waals surface area contributed by atoms with Gasteiger partial charge in [0.25, 0.3) is 0 Å². The lowest BCUT2D eigenvalue weighted by atomic mass is 9.69. The molecule has 1 N–H and O–H groups in total. The van der Waals surface area contributed by atoms with Crippen LogP contribution >= 0.6 is 0 Å². The summed E-state index contributed by atoms with van der Waals surface area (Å²) < 4.78 is 11.4. The van der Waals surface area contributed by atoms with Crippen LogP contribution in [0.3, 0.4) is 0 Å². The minimum atomic E-state index is -0.490. The van der Waals surface area contributed by atoms with Crippen LogP contribution in [0.4, 0.5) is 0 Å². The van der Waals surface area contributed by atoms with Crippen molar-refractivity contribution in [3.63, 3.8) is 0 Å². The van der Waals surface area contributed by atoms with Crippen molar-refractivity contribution in [3.8, 4) is 11.5 Å². The van der Waals surface area contributed by atoms with Gasteiger partial charge in [-0.1, -0.05) is 12.2 Å². The van der Waals surface area contributed by atoms with Crippen LogP contribution < -0.4 is 9.47 Å². The first-order chi connectivity index (χ1) is 10.5. The molecule has 5 heteroatoms. The summed E-state index contributed by atoms with van der Waals surface area (Å²) in [7, 11) is 3.36. The monoisotopic (exact) mass is 303 g/mol. The summed E-state index contributed by atoms with van der Waals surface area (Å²) in [6.45, 7) is 0.983. The van der Waals surface area contributed by atoms with Gasteiger partial charge in [0.05, 0.1) is 32.2 Å². The summed E-state index contributed by atoms with van der Waals surface area (Å²) >= 11 is 0. The SMILES string of the molecule is COc1ccc2c3c1O[C@H]1C[C@H](O)C=C[C@@]31CC[N@@+](C)([O-])C2. The van der Waals surface area contributed by atoms with E-state index in [0.29, 0.717) is 25.3 Å². The van der Waals surface area contributed by atoms with Crippen molar-refractivity contribution in [2.45, 2.75) is 37.0 Å². The zero-order chi connectivity index (χ0) is 15.5. The van der Waals surface area contributed by atoms with Crippen molar-refractivity contribution in [3.05, 3.63) is 40.6 Å². The molecule has 1 aromatic rings. The Morgan fingerprint density at radius 3 is 3.05 bits per heavy atom. The molecule has 1 aliphatic carbocycles. The molecular weight excluding hydrogens is 282 g/mol. The fourth-order valence-corrected chi connectivity index (χ4v) is 4.19. The summed E-state index contributed by atoms with van der Waals surface area (Å²) in [5.74, 6) is 1.46. The highest BCUT2D eigenvalue weighted by Crippen LogP contribution is 2.56. The number of aliphatic hydroxyl groups is 1. The molecule has 0 unspecified atom stereocenters. The lowest BCUT2D eigenvalue weighted by Gasteiger charge is -2.40. The number of quaternary nitrogens is 1. The maximum atomic E-state index is 12.7. The van der Waals surface area contributed by atoms with Crippen LogP contribution in [-0.2, 0) is 12.0 Å². The minimum absolute atomic E-state index is 0.129. The van der Waals surface area contributed by atoms with E-state index in [0.717, 1.165) is 23.3 Å². The Kier molecular flexibility index (Phi) is 2.86. The van der Waals surface area contributed by atoms with Crippen molar-refractivity contribution >= 4 is 0 Å². The second-order valence-corrected chi connectivity index (χ2v) is 6.87. The zero-order valence-corrected chi connectivity index (χ0v) is 12.9. The topological polar surface area (TPSA) is 61.8 Å².